The largest absolute Gasteiger partial charge is 0.168 e. The van der Waals surface area contributed by atoms with E-state index >= 15 is 0 Å². The molecule has 0 aliphatic rings. The average Bonchev–Trinajstić information content (AvgIpc) is 2.54. The van der Waals surface area contributed by atoms with Gasteiger partial charge < -0.3 is 0 Å². The standard InChI is InChI=1S/C7H6N4S/c1-5-9-11-7(12-5)6-3-2-4-8-10-6/h2-4H,1H3. The van der Waals surface area contributed by atoms with Crippen molar-refractivity contribution in [1.82, 2.24) is 20.4 Å². The van der Waals surface area contributed by atoms with E-state index in [0.717, 1.165) is 15.7 Å². The third kappa shape index (κ3) is 1.31. The third-order valence-electron chi connectivity index (χ3n) is 1.32. The second-order valence-corrected chi connectivity index (χ2v) is 3.42. The van der Waals surface area contributed by atoms with Crippen molar-refractivity contribution in [3.8, 4) is 10.7 Å². The van der Waals surface area contributed by atoms with E-state index in [1.165, 1.54) is 11.3 Å². The van der Waals surface area contributed by atoms with Crippen LogP contribution in [0.2, 0.25) is 0 Å². The number of nitrogens with zero attached hydrogens (tertiary/aromatic N) is 4. The molecule has 2 aromatic rings. The van der Waals surface area contributed by atoms with Crippen LogP contribution in [0.5, 0.6) is 0 Å². The maximum absolute atomic E-state index is 3.95. The summed E-state index contributed by atoms with van der Waals surface area (Å²) in [5.41, 5.74) is 0.781. The average molecular weight is 178 g/mol. The van der Waals surface area contributed by atoms with Crippen molar-refractivity contribution in [3.63, 3.8) is 0 Å². The third-order valence-corrected chi connectivity index (χ3v) is 2.18. The zero-order valence-corrected chi connectivity index (χ0v) is 7.25. The van der Waals surface area contributed by atoms with Crippen molar-refractivity contribution < 1.29 is 0 Å². The van der Waals surface area contributed by atoms with Gasteiger partial charge in [0.05, 0.1) is 0 Å². The number of hydrogen-bond donors (Lipinski definition) is 0. The van der Waals surface area contributed by atoms with Crippen LogP contribution in [0.1, 0.15) is 5.01 Å². The lowest BCUT2D eigenvalue weighted by Gasteiger charge is -1.88. The highest BCUT2D eigenvalue weighted by Crippen LogP contribution is 2.19. The molecule has 0 unspecified atom stereocenters. The van der Waals surface area contributed by atoms with E-state index in [4.69, 9.17) is 0 Å². The summed E-state index contributed by atoms with van der Waals surface area (Å²) in [5, 5.41) is 17.3. The summed E-state index contributed by atoms with van der Waals surface area (Å²) in [6.07, 6.45) is 1.64. The summed E-state index contributed by atoms with van der Waals surface area (Å²) in [4.78, 5) is 0. The van der Waals surface area contributed by atoms with E-state index in [1.807, 2.05) is 19.1 Å². The van der Waals surface area contributed by atoms with E-state index in [-0.39, 0.29) is 0 Å². The van der Waals surface area contributed by atoms with Gasteiger partial charge in [0.15, 0.2) is 5.01 Å². The summed E-state index contributed by atoms with van der Waals surface area (Å²) in [6, 6.07) is 3.70. The Bertz CT molecular complexity index is 370. The summed E-state index contributed by atoms with van der Waals surface area (Å²) < 4.78 is 0. The van der Waals surface area contributed by atoms with Gasteiger partial charge in [0.25, 0.3) is 0 Å². The molecular formula is C7H6N4S. The second-order valence-electron chi connectivity index (χ2n) is 2.24. The maximum Gasteiger partial charge on any atom is 0.168 e. The molecule has 0 fully saturated rings. The van der Waals surface area contributed by atoms with Gasteiger partial charge in [-0.2, -0.15) is 5.10 Å². The molecule has 0 amide bonds. The van der Waals surface area contributed by atoms with E-state index in [2.05, 4.69) is 20.4 Å². The molecule has 0 radical (unpaired) electrons. The number of aromatic nitrogens is 4. The molecular weight excluding hydrogens is 172 g/mol. The predicted octanol–water partition coefficient (Wildman–Crippen LogP) is 1.30. The fourth-order valence-corrected chi connectivity index (χ4v) is 1.47. The van der Waals surface area contributed by atoms with Crippen LogP contribution in [0.15, 0.2) is 18.3 Å². The predicted molar refractivity (Wildman–Crippen MR) is 45.7 cm³/mol. The Morgan fingerprint density at radius 1 is 1.25 bits per heavy atom. The van der Waals surface area contributed by atoms with Crippen LogP contribution in [-0.2, 0) is 0 Å². The molecule has 0 atom stereocenters. The Kier molecular flexibility index (Phi) is 1.79. The minimum Gasteiger partial charge on any atom is -0.158 e. The lowest BCUT2D eigenvalue weighted by Crippen LogP contribution is -1.84. The molecule has 0 saturated carbocycles. The van der Waals surface area contributed by atoms with Gasteiger partial charge >= 0.3 is 0 Å². The van der Waals surface area contributed by atoms with Crippen LogP contribution in [0.4, 0.5) is 0 Å². The van der Waals surface area contributed by atoms with Crippen molar-refractivity contribution in [1.29, 1.82) is 0 Å². The lowest BCUT2D eigenvalue weighted by molar-refractivity contribution is 1.01. The SMILES string of the molecule is Cc1nnc(-c2cccnn2)s1. The van der Waals surface area contributed by atoms with Crippen molar-refractivity contribution >= 4 is 11.3 Å². The molecule has 0 saturated heterocycles. The van der Waals surface area contributed by atoms with Crippen LogP contribution in [0, 0.1) is 6.92 Å². The van der Waals surface area contributed by atoms with Crippen molar-refractivity contribution in [3.05, 3.63) is 23.3 Å². The Morgan fingerprint density at radius 3 is 2.75 bits per heavy atom. The van der Waals surface area contributed by atoms with Crippen LogP contribution >= 0.6 is 11.3 Å². The topological polar surface area (TPSA) is 51.6 Å². The molecule has 0 aliphatic carbocycles. The molecule has 0 N–H and O–H groups in total. The molecule has 60 valence electrons. The Hall–Kier alpha value is -1.36. The molecule has 0 bridgehead atoms. The summed E-state index contributed by atoms with van der Waals surface area (Å²) in [5.74, 6) is 0. The van der Waals surface area contributed by atoms with E-state index in [9.17, 15) is 0 Å². The van der Waals surface area contributed by atoms with Crippen LogP contribution in [-0.4, -0.2) is 20.4 Å². The smallest absolute Gasteiger partial charge is 0.158 e. The van der Waals surface area contributed by atoms with Gasteiger partial charge in [0, 0.05) is 6.20 Å². The first-order valence-corrected chi connectivity index (χ1v) is 4.26. The first-order chi connectivity index (χ1) is 5.86. The molecule has 2 aromatic heterocycles. The minimum absolute atomic E-state index is 0.781. The molecule has 0 aliphatic heterocycles. The zero-order valence-electron chi connectivity index (χ0n) is 6.43. The Balaban J connectivity index is 2.45. The van der Waals surface area contributed by atoms with Gasteiger partial charge in [-0.25, -0.2) is 0 Å². The summed E-state index contributed by atoms with van der Waals surface area (Å²) in [7, 11) is 0. The van der Waals surface area contributed by atoms with Crippen molar-refractivity contribution in [2.75, 3.05) is 0 Å². The van der Waals surface area contributed by atoms with Gasteiger partial charge in [0.1, 0.15) is 10.7 Å². The highest BCUT2D eigenvalue weighted by molar-refractivity contribution is 7.14. The van der Waals surface area contributed by atoms with Crippen LogP contribution < -0.4 is 0 Å². The Morgan fingerprint density at radius 2 is 2.17 bits per heavy atom. The monoisotopic (exact) mass is 178 g/mol. The van der Waals surface area contributed by atoms with Crippen LogP contribution in [0.25, 0.3) is 10.7 Å². The minimum atomic E-state index is 0.781. The van der Waals surface area contributed by atoms with E-state index in [0.29, 0.717) is 0 Å². The lowest BCUT2D eigenvalue weighted by atomic mass is 10.4. The van der Waals surface area contributed by atoms with Gasteiger partial charge in [0.2, 0.25) is 0 Å². The van der Waals surface area contributed by atoms with E-state index < -0.39 is 0 Å². The van der Waals surface area contributed by atoms with E-state index in [1.54, 1.807) is 6.20 Å². The molecule has 2 rings (SSSR count). The Labute approximate surface area is 73.3 Å². The molecule has 5 heteroatoms. The van der Waals surface area contributed by atoms with Gasteiger partial charge in [-0.3, -0.25) is 0 Å². The molecule has 4 nitrogen and oxygen atoms in total. The van der Waals surface area contributed by atoms with Gasteiger partial charge in [-0.05, 0) is 19.1 Å². The molecule has 2 heterocycles. The summed E-state index contributed by atoms with van der Waals surface area (Å²) in [6.45, 7) is 1.91. The second kappa shape index (κ2) is 2.94. The van der Waals surface area contributed by atoms with Gasteiger partial charge in [-0.1, -0.05) is 11.3 Å². The highest BCUT2D eigenvalue weighted by atomic mass is 32.1. The van der Waals surface area contributed by atoms with Crippen LogP contribution in [0.3, 0.4) is 0 Å². The fourth-order valence-electron chi connectivity index (χ4n) is 0.816. The number of rotatable bonds is 1. The number of aryl methyl sites for hydroxylation is 1. The summed E-state index contributed by atoms with van der Waals surface area (Å²) >= 11 is 1.52. The maximum atomic E-state index is 3.95. The first kappa shape index (κ1) is 7.30. The molecule has 0 spiro atoms. The molecule has 0 aromatic carbocycles. The first-order valence-electron chi connectivity index (χ1n) is 3.44. The molecule has 12 heavy (non-hydrogen) atoms. The van der Waals surface area contributed by atoms with Crippen molar-refractivity contribution in [2.45, 2.75) is 6.92 Å². The quantitative estimate of drug-likeness (QED) is 0.660. The van der Waals surface area contributed by atoms with Gasteiger partial charge in [-0.15, -0.1) is 15.3 Å². The normalized spacial score (nSPS) is 10.1. The highest BCUT2D eigenvalue weighted by Gasteiger charge is 2.03. The zero-order chi connectivity index (χ0) is 8.39. The fraction of sp³-hybridized carbons (Fsp3) is 0.143. The van der Waals surface area contributed by atoms with Crippen molar-refractivity contribution in [2.24, 2.45) is 0 Å². The number of hydrogen-bond acceptors (Lipinski definition) is 5.